The average Bonchev–Trinajstić information content (AvgIpc) is 2.03. The fourth-order valence-electron chi connectivity index (χ4n) is 0.385. The molecule has 0 N–H and O–H groups in total. The zero-order valence-electron chi connectivity index (χ0n) is 8.35. The third-order valence-electron chi connectivity index (χ3n) is 0.667. The first-order chi connectivity index (χ1) is 6.73. The van der Waals surface area contributed by atoms with Gasteiger partial charge in [0, 0.05) is 21.4 Å². The molecule has 86 valence electrons. The third kappa shape index (κ3) is 59.6. The topological polar surface area (TPSA) is 51.2 Å². The molecule has 0 aromatic heterocycles. The van der Waals surface area contributed by atoms with Crippen molar-refractivity contribution in [2.75, 3.05) is 0 Å². The first-order valence-corrected chi connectivity index (χ1v) is 6.98. The Morgan fingerprint density at radius 2 is 0.933 bits per heavy atom. The Bertz CT molecular complexity index is 310. The number of hydrogen-bond donors (Lipinski definition) is 0. The smallest absolute Gasteiger partial charge is 0.300 e. The molecule has 0 spiro atoms. The molecular weight excluding hydrogens is 259 g/mol. The van der Waals surface area contributed by atoms with Crippen molar-refractivity contribution in [3.8, 4) is 0 Å². The molecule has 0 aliphatic rings. The van der Waals surface area contributed by atoms with Crippen molar-refractivity contribution in [3.05, 3.63) is 36.4 Å². The lowest BCUT2D eigenvalue weighted by atomic mass is 10.4. The van der Waals surface area contributed by atoms with Gasteiger partial charge in [0.15, 0.2) is 0 Å². The Hall–Kier alpha value is -0.580. The molecule has 0 aliphatic carbocycles. The summed E-state index contributed by atoms with van der Waals surface area (Å²) in [7, 11) is 4.81. The molecule has 0 saturated heterocycles. The van der Waals surface area contributed by atoms with Crippen molar-refractivity contribution >= 4 is 35.4 Å². The number of Topliss-reactive ketones (excluding diaryl/α,β-unsaturated/α-hetero) is 1. The second-order valence-corrected chi connectivity index (χ2v) is 6.11. The van der Waals surface area contributed by atoms with Crippen LogP contribution in [0.3, 0.4) is 0 Å². The van der Waals surface area contributed by atoms with Gasteiger partial charge in [0.05, 0.1) is 0 Å². The van der Waals surface area contributed by atoms with Crippen molar-refractivity contribution in [2.24, 2.45) is 0 Å². The van der Waals surface area contributed by atoms with E-state index in [0.29, 0.717) is 0 Å². The molecule has 0 atom stereocenters. The van der Waals surface area contributed by atoms with Crippen LogP contribution < -0.4 is 0 Å². The van der Waals surface area contributed by atoms with Crippen molar-refractivity contribution < 1.29 is 13.2 Å². The highest BCUT2D eigenvalue weighted by atomic mass is 36.0. The van der Waals surface area contributed by atoms with Crippen LogP contribution in [0.4, 0.5) is 0 Å². The Morgan fingerprint density at radius 1 is 0.867 bits per heavy atom. The van der Waals surface area contributed by atoms with Crippen LogP contribution in [0.1, 0.15) is 13.8 Å². The van der Waals surface area contributed by atoms with Gasteiger partial charge in [0.2, 0.25) is 0 Å². The van der Waals surface area contributed by atoms with Crippen molar-refractivity contribution in [3.63, 3.8) is 0 Å². The highest BCUT2D eigenvalue weighted by Gasteiger charge is 1.88. The average molecular weight is 271 g/mol. The van der Waals surface area contributed by atoms with E-state index in [1.54, 1.807) is 0 Å². The van der Waals surface area contributed by atoms with Crippen LogP contribution in [0.5, 0.6) is 0 Å². The minimum absolute atomic E-state index is 0.167. The molecule has 1 aromatic rings. The molecule has 0 bridgehead atoms. The molecule has 0 aliphatic heterocycles. The van der Waals surface area contributed by atoms with Crippen LogP contribution in [0, 0.1) is 0 Å². The Balaban J connectivity index is 0. The van der Waals surface area contributed by atoms with E-state index in [2.05, 4.69) is 21.4 Å². The quantitative estimate of drug-likeness (QED) is 0.681. The van der Waals surface area contributed by atoms with Gasteiger partial charge >= 0.3 is 8.26 Å². The largest absolute Gasteiger partial charge is 0.317 e. The summed E-state index contributed by atoms with van der Waals surface area (Å²) in [4.78, 5) is 9.44. The summed E-state index contributed by atoms with van der Waals surface area (Å²) >= 11 is 0. The molecule has 0 amide bonds. The van der Waals surface area contributed by atoms with E-state index >= 15 is 0 Å². The summed E-state index contributed by atoms with van der Waals surface area (Å²) in [6.45, 7) is 3.06. The standard InChI is InChI=1S/C6H6.C3H6O.Cl2O2S/c1-2-4-6-5-3-1;1-3(2)4;1-5(2,3)4/h1-6H;1-2H3;. The molecule has 0 saturated carbocycles. The number of halogens is 2. The van der Waals surface area contributed by atoms with Gasteiger partial charge in [-0.25, -0.2) is 0 Å². The fraction of sp³-hybridized carbons (Fsp3) is 0.222. The predicted octanol–water partition coefficient (Wildman–Crippen LogP) is 2.99. The molecule has 1 aromatic carbocycles. The van der Waals surface area contributed by atoms with E-state index in [0.717, 1.165) is 0 Å². The van der Waals surface area contributed by atoms with Crippen LogP contribution in [0.15, 0.2) is 36.4 Å². The lowest BCUT2D eigenvalue weighted by molar-refractivity contribution is -0.114. The van der Waals surface area contributed by atoms with Gasteiger partial charge in [-0.05, 0) is 13.8 Å². The second-order valence-electron chi connectivity index (χ2n) is 2.44. The molecule has 15 heavy (non-hydrogen) atoms. The Labute approximate surface area is 98.9 Å². The Kier molecular flexibility index (Phi) is 11.2. The fourth-order valence-corrected chi connectivity index (χ4v) is 0.385. The molecule has 0 unspecified atom stereocenters. The van der Waals surface area contributed by atoms with Gasteiger partial charge in [-0.3, -0.25) is 0 Å². The zero-order valence-corrected chi connectivity index (χ0v) is 10.7. The SMILES string of the molecule is CC(C)=O.O=S(=O)(Cl)Cl.c1ccccc1. The van der Waals surface area contributed by atoms with Gasteiger partial charge in [-0.2, -0.15) is 8.42 Å². The van der Waals surface area contributed by atoms with E-state index in [4.69, 9.17) is 8.42 Å². The molecule has 0 heterocycles. The summed E-state index contributed by atoms with van der Waals surface area (Å²) < 4.78 is 18.3. The van der Waals surface area contributed by atoms with Gasteiger partial charge in [0.1, 0.15) is 5.78 Å². The van der Waals surface area contributed by atoms with E-state index in [9.17, 15) is 4.79 Å². The van der Waals surface area contributed by atoms with Crippen molar-refractivity contribution in [1.29, 1.82) is 0 Å². The Morgan fingerprint density at radius 3 is 1.00 bits per heavy atom. The summed E-state index contributed by atoms with van der Waals surface area (Å²) in [5.41, 5.74) is 0. The van der Waals surface area contributed by atoms with Crippen LogP contribution in [0.2, 0.25) is 0 Å². The number of hydrogen-bond acceptors (Lipinski definition) is 3. The number of carbonyl (C=O) groups is 1. The van der Waals surface area contributed by atoms with Gasteiger partial charge in [-0.15, -0.1) is 0 Å². The van der Waals surface area contributed by atoms with E-state index in [1.807, 2.05) is 36.4 Å². The molecule has 6 heteroatoms. The monoisotopic (exact) mass is 270 g/mol. The minimum Gasteiger partial charge on any atom is -0.300 e. The summed E-state index contributed by atoms with van der Waals surface area (Å²) in [5, 5.41) is 0. The van der Waals surface area contributed by atoms with Crippen LogP contribution in [-0.2, 0) is 13.1 Å². The number of benzene rings is 1. The first kappa shape index (κ1) is 16.8. The van der Waals surface area contributed by atoms with Crippen LogP contribution in [0.25, 0.3) is 0 Å². The van der Waals surface area contributed by atoms with Gasteiger partial charge in [-0.1, -0.05) is 36.4 Å². The summed E-state index contributed by atoms with van der Waals surface area (Å²) in [5.74, 6) is 0.167. The van der Waals surface area contributed by atoms with Crippen LogP contribution in [-0.4, -0.2) is 14.2 Å². The minimum atomic E-state index is -3.72. The molecule has 0 radical (unpaired) electrons. The maximum Gasteiger partial charge on any atom is 0.317 e. The molecule has 1 rings (SSSR count). The van der Waals surface area contributed by atoms with E-state index in [1.165, 1.54) is 13.8 Å². The van der Waals surface area contributed by atoms with Crippen molar-refractivity contribution in [1.82, 2.24) is 0 Å². The number of ketones is 1. The maximum atomic E-state index is 9.44. The number of rotatable bonds is 0. The summed E-state index contributed by atoms with van der Waals surface area (Å²) in [6, 6.07) is 12.0. The lowest BCUT2D eigenvalue weighted by Crippen LogP contribution is -1.69. The van der Waals surface area contributed by atoms with Gasteiger partial charge < -0.3 is 4.79 Å². The predicted molar refractivity (Wildman–Crippen MR) is 63.4 cm³/mol. The molecular formula is C9H12Cl2O3S. The van der Waals surface area contributed by atoms with E-state index in [-0.39, 0.29) is 5.78 Å². The summed E-state index contributed by atoms with van der Waals surface area (Å²) in [6.07, 6.45) is 0. The third-order valence-corrected chi connectivity index (χ3v) is 0.667. The normalized spacial score (nSPS) is 8.80. The lowest BCUT2D eigenvalue weighted by Gasteiger charge is -1.69. The zero-order chi connectivity index (χ0) is 12.3. The highest BCUT2D eigenvalue weighted by Crippen LogP contribution is 1.98. The van der Waals surface area contributed by atoms with Gasteiger partial charge in [0.25, 0.3) is 0 Å². The van der Waals surface area contributed by atoms with E-state index < -0.39 is 8.26 Å². The van der Waals surface area contributed by atoms with Crippen molar-refractivity contribution in [2.45, 2.75) is 13.8 Å². The second kappa shape index (κ2) is 9.96. The van der Waals surface area contributed by atoms with Crippen LogP contribution >= 0.6 is 21.4 Å². The number of carbonyl (C=O) groups excluding carboxylic acids is 1. The molecule has 0 fully saturated rings. The highest BCUT2D eigenvalue weighted by molar-refractivity contribution is 8.31. The first-order valence-electron chi connectivity index (χ1n) is 3.85. The molecule has 3 nitrogen and oxygen atoms in total. The maximum absolute atomic E-state index is 9.44.